The van der Waals surface area contributed by atoms with E-state index in [1.54, 1.807) is 0 Å². The molecule has 1 rings (SSSR count). The maximum Gasteiger partial charge on any atom is 0.325 e. The zero-order chi connectivity index (χ0) is 17.4. The van der Waals surface area contributed by atoms with Gasteiger partial charge in [-0.05, 0) is 19.3 Å². The van der Waals surface area contributed by atoms with Crippen LogP contribution >= 0.6 is 11.8 Å². The molecule has 0 spiro atoms. The Labute approximate surface area is 139 Å². The fourth-order valence-electron chi connectivity index (χ4n) is 1.76. The molecule has 0 bridgehead atoms. The molecule has 0 aliphatic rings. The smallest absolute Gasteiger partial charge is 0.325 e. The Morgan fingerprint density at radius 2 is 2.13 bits per heavy atom. The predicted octanol–water partition coefficient (Wildman–Crippen LogP) is -1.07. The highest BCUT2D eigenvalue weighted by molar-refractivity contribution is 8.09. The third kappa shape index (κ3) is 6.55. The standard InChI is InChI=1S/C13H19N3O5S2/c1-8-10(12(19)16-13(20)14-8)3-4-11(18)15-9(5-17)6-23(21)7-22-2/h3-4,9,17H,5-7H2,1-2H3,(H,15,18)(H2,14,16,19,20)/b4-3+/t9?,23-/m1/s1. The first kappa shape index (κ1) is 19.4. The highest BCUT2D eigenvalue weighted by Gasteiger charge is 2.13. The van der Waals surface area contributed by atoms with Crippen molar-refractivity contribution in [1.29, 1.82) is 0 Å². The van der Waals surface area contributed by atoms with Crippen molar-refractivity contribution in [2.75, 3.05) is 23.7 Å². The number of aromatic nitrogens is 2. The summed E-state index contributed by atoms with van der Waals surface area (Å²) >= 11 is 1.42. The number of aliphatic hydroxyl groups is 1. The summed E-state index contributed by atoms with van der Waals surface area (Å²) in [6.45, 7) is 1.20. The van der Waals surface area contributed by atoms with E-state index in [4.69, 9.17) is 0 Å². The number of aliphatic hydroxyl groups excluding tert-OH is 1. The number of hydrogen-bond acceptors (Lipinski definition) is 6. The fraction of sp³-hybridized carbons (Fsp3) is 0.462. The van der Waals surface area contributed by atoms with Crippen molar-refractivity contribution < 1.29 is 14.1 Å². The van der Waals surface area contributed by atoms with Crippen LogP contribution in [0.3, 0.4) is 0 Å². The maximum atomic E-state index is 11.8. The summed E-state index contributed by atoms with van der Waals surface area (Å²) in [6.07, 6.45) is 4.21. The molecule has 0 fully saturated rings. The molecule has 1 amide bonds. The van der Waals surface area contributed by atoms with Gasteiger partial charge in [-0.2, -0.15) is 11.8 Å². The average Bonchev–Trinajstić information content (AvgIpc) is 2.45. The van der Waals surface area contributed by atoms with Crippen molar-refractivity contribution in [2.24, 2.45) is 0 Å². The van der Waals surface area contributed by atoms with Crippen LogP contribution < -0.4 is 16.6 Å². The Hall–Kier alpha value is -1.65. The highest BCUT2D eigenvalue weighted by atomic mass is 32.2. The van der Waals surface area contributed by atoms with E-state index < -0.39 is 34.0 Å². The molecule has 1 aromatic rings. The summed E-state index contributed by atoms with van der Waals surface area (Å²) in [5, 5.41) is 12.2. The molecule has 0 saturated heterocycles. The molecule has 2 atom stereocenters. The second-order valence-electron chi connectivity index (χ2n) is 4.68. The molecule has 0 saturated carbocycles. The molecule has 0 aromatic carbocycles. The van der Waals surface area contributed by atoms with Crippen molar-refractivity contribution in [3.63, 3.8) is 0 Å². The summed E-state index contributed by atoms with van der Waals surface area (Å²) in [4.78, 5) is 39.0. The maximum absolute atomic E-state index is 11.8. The highest BCUT2D eigenvalue weighted by Crippen LogP contribution is 2.00. The molecule has 1 unspecified atom stereocenters. The molecule has 10 heteroatoms. The van der Waals surface area contributed by atoms with E-state index >= 15 is 0 Å². The minimum atomic E-state index is -1.15. The molecule has 23 heavy (non-hydrogen) atoms. The zero-order valence-electron chi connectivity index (χ0n) is 12.8. The van der Waals surface area contributed by atoms with E-state index in [1.807, 2.05) is 6.26 Å². The largest absolute Gasteiger partial charge is 0.394 e. The van der Waals surface area contributed by atoms with Crippen LogP contribution in [0.5, 0.6) is 0 Å². The molecule has 0 aliphatic carbocycles. The van der Waals surface area contributed by atoms with Gasteiger partial charge in [-0.25, -0.2) is 4.79 Å². The minimum Gasteiger partial charge on any atom is -0.394 e. The monoisotopic (exact) mass is 361 g/mol. The van der Waals surface area contributed by atoms with Crippen LogP contribution in [0.2, 0.25) is 0 Å². The second-order valence-corrected chi connectivity index (χ2v) is 7.41. The van der Waals surface area contributed by atoms with Gasteiger partial charge in [0.25, 0.3) is 5.56 Å². The number of nitrogens with one attached hydrogen (secondary N) is 3. The molecule has 1 heterocycles. The van der Waals surface area contributed by atoms with Gasteiger partial charge in [-0.3, -0.25) is 18.8 Å². The SMILES string of the molecule is CSC[S@](=O)CC(CO)NC(=O)/C=C/c1c(C)[nH]c(=O)[nH]c1=O. The van der Waals surface area contributed by atoms with E-state index in [-0.39, 0.29) is 17.9 Å². The van der Waals surface area contributed by atoms with Crippen LogP contribution in [0, 0.1) is 6.92 Å². The number of amides is 1. The first-order valence-electron chi connectivity index (χ1n) is 6.64. The lowest BCUT2D eigenvalue weighted by molar-refractivity contribution is -0.117. The first-order valence-corrected chi connectivity index (χ1v) is 9.52. The number of thioether (sulfide) groups is 1. The van der Waals surface area contributed by atoms with E-state index in [0.29, 0.717) is 10.8 Å². The fourth-order valence-corrected chi connectivity index (χ4v) is 3.84. The van der Waals surface area contributed by atoms with Crippen LogP contribution in [0.15, 0.2) is 15.7 Å². The lowest BCUT2D eigenvalue weighted by Crippen LogP contribution is -2.40. The van der Waals surface area contributed by atoms with E-state index in [1.165, 1.54) is 24.8 Å². The number of aromatic amines is 2. The Balaban J connectivity index is 2.74. The van der Waals surface area contributed by atoms with Gasteiger partial charge in [-0.1, -0.05) is 0 Å². The quantitative estimate of drug-likeness (QED) is 0.436. The average molecular weight is 361 g/mol. The predicted molar refractivity (Wildman–Crippen MR) is 91.9 cm³/mol. The van der Waals surface area contributed by atoms with Gasteiger partial charge in [0.15, 0.2) is 0 Å². The molecule has 128 valence electrons. The summed E-state index contributed by atoms with van der Waals surface area (Å²) in [6, 6.07) is -0.630. The van der Waals surface area contributed by atoms with Crippen molar-refractivity contribution in [3.05, 3.63) is 38.2 Å². The van der Waals surface area contributed by atoms with Gasteiger partial charge in [0.05, 0.1) is 23.3 Å². The van der Waals surface area contributed by atoms with E-state index in [2.05, 4.69) is 15.3 Å². The van der Waals surface area contributed by atoms with Crippen LogP contribution in [0.4, 0.5) is 0 Å². The van der Waals surface area contributed by atoms with Crippen molar-refractivity contribution in [1.82, 2.24) is 15.3 Å². The van der Waals surface area contributed by atoms with Crippen molar-refractivity contribution in [3.8, 4) is 0 Å². The van der Waals surface area contributed by atoms with Crippen molar-refractivity contribution in [2.45, 2.75) is 13.0 Å². The number of H-pyrrole nitrogens is 2. The van der Waals surface area contributed by atoms with Gasteiger partial charge < -0.3 is 15.4 Å². The number of rotatable bonds is 8. The summed E-state index contributed by atoms with van der Waals surface area (Å²) < 4.78 is 11.6. The topological polar surface area (TPSA) is 132 Å². The normalized spacial score (nSPS) is 13.9. The molecule has 4 N–H and O–H groups in total. The Bertz CT molecular complexity index is 710. The Morgan fingerprint density at radius 3 is 2.70 bits per heavy atom. The molecular formula is C13H19N3O5S2. The first-order chi connectivity index (χ1) is 10.9. The zero-order valence-corrected chi connectivity index (χ0v) is 14.4. The van der Waals surface area contributed by atoms with Crippen LogP contribution in [0.1, 0.15) is 11.3 Å². The lowest BCUT2D eigenvalue weighted by Gasteiger charge is -2.14. The third-order valence-corrected chi connectivity index (χ3v) is 5.55. The van der Waals surface area contributed by atoms with Crippen molar-refractivity contribution >= 4 is 34.5 Å². The number of carbonyl (C=O) groups is 1. The van der Waals surface area contributed by atoms with E-state index in [0.717, 1.165) is 6.08 Å². The van der Waals surface area contributed by atoms with Crippen LogP contribution in [-0.2, 0) is 15.6 Å². The van der Waals surface area contributed by atoms with Gasteiger partial charge in [0.2, 0.25) is 5.91 Å². The molecule has 0 radical (unpaired) electrons. The Kier molecular flexibility index (Phi) is 8.00. The number of carbonyl (C=O) groups excluding carboxylic acids is 1. The molecule has 1 aromatic heterocycles. The second kappa shape index (κ2) is 9.48. The summed E-state index contributed by atoms with van der Waals surface area (Å²) in [5.74, 6) is -0.384. The number of hydrogen-bond donors (Lipinski definition) is 4. The van der Waals surface area contributed by atoms with Crippen LogP contribution in [-0.4, -0.2) is 54.9 Å². The van der Waals surface area contributed by atoms with Gasteiger partial charge in [0, 0.05) is 28.3 Å². The minimum absolute atomic E-state index is 0.148. The summed E-state index contributed by atoms with van der Waals surface area (Å²) in [5.41, 5.74) is -0.727. The third-order valence-electron chi connectivity index (χ3n) is 2.78. The van der Waals surface area contributed by atoms with Gasteiger partial charge >= 0.3 is 5.69 Å². The van der Waals surface area contributed by atoms with Gasteiger partial charge in [0.1, 0.15) is 0 Å². The van der Waals surface area contributed by atoms with Crippen LogP contribution in [0.25, 0.3) is 6.08 Å². The molecule has 0 aliphatic heterocycles. The molecule has 8 nitrogen and oxygen atoms in total. The Morgan fingerprint density at radius 1 is 1.43 bits per heavy atom. The lowest BCUT2D eigenvalue weighted by atomic mass is 10.2. The van der Waals surface area contributed by atoms with Gasteiger partial charge in [-0.15, -0.1) is 0 Å². The summed E-state index contributed by atoms with van der Waals surface area (Å²) in [7, 11) is -1.15. The number of aryl methyl sites for hydroxylation is 1. The molecular weight excluding hydrogens is 342 g/mol. The van der Waals surface area contributed by atoms with E-state index in [9.17, 15) is 23.7 Å².